The molecule has 0 aliphatic carbocycles. The molecule has 0 bridgehead atoms. The molecule has 0 aliphatic heterocycles. The van der Waals surface area contributed by atoms with E-state index in [4.69, 9.17) is 12.2 Å². The Morgan fingerprint density at radius 2 is 1.71 bits per heavy atom. The average molecular weight is 361 g/mol. The van der Waals surface area contributed by atoms with E-state index in [9.17, 15) is 8.42 Å². The summed E-state index contributed by atoms with van der Waals surface area (Å²) in [5, 5.41) is 7.70. The molecule has 0 saturated heterocycles. The van der Waals surface area contributed by atoms with E-state index in [2.05, 4.69) is 15.8 Å². The van der Waals surface area contributed by atoms with E-state index in [0.717, 1.165) is 11.1 Å². The number of nitrogens with zero attached hydrogens (tertiary/aromatic N) is 1. The summed E-state index contributed by atoms with van der Waals surface area (Å²) in [4.78, 5) is 0.284. The molecule has 0 unspecified atom stereocenters. The van der Waals surface area contributed by atoms with E-state index in [1.54, 1.807) is 24.3 Å². The summed E-state index contributed by atoms with van der Waals surface area (Å²) < 4.78 is 22.9. The molecule has 0 aromatic heterocycles. The minimum Gasteiger partial charge on any atom is -0.357 e. The number of rotatable bonds is 5. The second-order valence-electron chi connectivity index (χ2n) is 5.27. The Balaban J connectivity index is 1.92. The van der Waals surface area contributed by atoms with Crippen LogP contribution in [-0.2, 0) is 16.4 Å². The lowest BCUT2D eigenvalue weighted by Gasteiger charge is -2.08. The van der Waals surface area contributed by atoms with Gasteiger partial charge >= 0.3 is 0 Å². The van der Waals surface area contributed by atoms with Crippen LogP contribution in [0, 0.1) is 0 Å². The normalized spacial score (nSPS) is 11.8. The van der Waals surface area contributed by atoms with Gasteiger partial charge in [-0.15, -0.1) is 0 Å². The molecule has 0 atom stereocenters. The quantitative estimate of drug-likeness (QED) is 0.486. The smallest absolute Gasteiger partial charge is 0.187 e. The van der Waals surface area contributed by atoms with Crippen molar-refractivity contribution in [3.8, 4) is 0 Å². The molecular formula is C17H19N3O2S2. The lowest BCUT2D eigenvalue weighted by atomic mass is 10.1. The van der Waals surface area contributed by atoms with Gasteiger partial charge in [0.15, 0.2) is 14.9 Å². The van der Waals surface area contributed by atoms with Crippen LogP contribution in [0.2, 0.25) is 0 Å². The number of thiocarbonyl (C=S) groups is 1. The summed E-state index contributed by atoms with van der Waals surface area (Å²) in [6.45, 7) is 2.44. The Morgan fingerprint density at radius 3 is 2.29 bits per heavy atom. The summed E-state index contributed by atoms with van der Waals surface area (Å²) in [6.07, 6.45) is 1.18. The maximum Gasteiger partial charge on any atom is 0.187 e. The second kappa shape index (κ2) is 8.03. The van der Waals surface area contributed by atoms with Crippen molar-refractivity contribution in [3.63, 3.8) is 0 Å². The minimum atomic E-state index is -3.19. The molecular weight excluding hydrogens is 342 g/mol. The van der Waals surface area contributed by atoms with Crippen molar-refractivity contribution in [1.29, 1.82) is 0 Å². The fourth-order valence-corrected chi connectivity index (χ4v) is 2.71. The van der Waals surface area contributed by atoms with Gasteiger partial charge in [-0.3, -0.25) is 5.43 Å². The maximum atomic E-state index is 11.4. The maximum absolute atomic E-state index is 11.4. The van der Waals surface area contributed by atoms with E-state index in [-0.39, 0.29) is 4.90 Å². The minimum absolute atomic E-state index is 0.284. The fraction of sp³-hybridized carbons (Fsp3) is 0.176. The third-order valence-electron chi connectivity index (χ3n) is 3.32. The SMILES string of the molecule is C/C(=N/NC(=S)NCc1ccccc1)c1ccc(S(C)(=O)=O)cc1. The molecule has 7 heteroatoms. The predicted octanol–water partition coefficient (Wildman–Crippen LogP) is 2.48. The molecule has 2 rings (SSSR count). The van der Waals surface area contributed by atoms with Gasteiger partial charge in [-0.25, -0.2) is 8.42 Å². The van der Waals surface area contributed by atoms with E-state index < -0.39 is 9.84 Å². The molecule has 24 heavy (non-hydrogen) atoms. The van der Waals surface area contributed by atoms with Crippen LogP contribution in [-0.4, -0.2) is 25.5 Å². The molecule has 0 saturated carbocycles. The number of nitrogens with one attached hydrogen (secondary N) is 2. The lowest BCUT2D eigenvalue weighted by Crippen LogP contribution is -2.32. The molecule has 0 spiro atoms. The van der Waals surface area contributed by atoms with E-state index in [1.807, 2.05) is 37.3 Å². The fourth-order valence-electron chi connectivity index (χ4n) is 1.96. The molecule has 2 aromatic rings. The number of hydrogen-bond donors (Lipinski definition) is 2. The molecule has 2 N–H and O–H groups in total. The van der Waals surface area contributed by atoms with Crippen LogP contribution in [0.5, 0.6) is 0 Å². The van der Waals surface area contributed by atoms with E-state index >= 15 is 0 Å². The number of hydrazone groups is 1. The van der Waals surface area contributed by atoms with Gasteiger partial charge in [-0.1, -0.05) is 42.5 Å². The largest absolute Gasteiger partial charge is 0.357 e. The Hall–Kier alpha value is -2.25. The van der Waals surface area contributed by atoms with Gasteiger partial charge in [-0.2, -0.15) is 5.10 Å². The first-order valence-corrected chi connectivity index (χ1v) is 9.59. The molecule has 2 aromatic carbocycles. The van der Waals surface area contributed by atoms with Crippen LogP contribution in [0.4, 0.5) is 0 Å². The topological polar surface area (TPSA) is 70.6 Å². The van der Waals surface area contributed by atoms with Gasteiger partial charge in [-0.05, 0) is 42.4 Å². The highest BCUT2D eigenvalue weighted by atomic mass is 32.2. The first kappa shape index (κ1) is 18.1. The van der Waals surface area contributed by atoms with Crippen LogP contribution in [0.3, 0.4) is 0 Å². The molecule has 0 aliphatic rings. The van der Waals surface area contributed by atoms with Gasteiger partial charge in [0.1, 0.15) is 0 Å². The van der Waals surface area contributed by atoms with E-state index in [0.29, 0.717) is 17.4 Å². The second-order valence-corrected chi connectivity index (χ2v) is 7.70. The first-order valence-electron chi connectivity index (χ1n) is 7.29. The Kier molecular flexibility index (Phi) is 6.05. The Bertz CT molecular complexity index is 830. The highest BCUT2D eigenvalue weighted by Crippen LogP contribution is 2.10. The first-order chi connectivity index (χ1) is 11.4. The van der Waals surface area contributed by atoms with Gasteiger partial charge in [0.2, 0.25) is 0 Å². The zero-order valence-corrected chi connectivity index (χ0v) is 15.1. The Labute approximate surface area is 147 Å². The summed E-state index contributed by atoms with van der Waals surface area (Å²) in [5.74, 6) is 0. The highest BCUT2D eigenvalue weighted by molar-refractivity contribution is 7.90. The molecule has 5 nitrogen and oxygen atoms in total. The van der Waals surface area contributed by atoms with E-state index in [1.165, 1.54) is 6.26 Å². The third-order valence-corrected chi connectivity index (χ3v) is 4.69. The number of hydrogen-bond acceptors (Lipinski definition) is 4. The lowest BCUT2D eigenvalue weighted by molar-refractivity contribution is 0.602. The molecule has 0 heterocycles. The van der Waals surface area contributed by atoms with Crippen LogP contribution in [0.15, 0.2) is 64.6 Å². The van der Waals surface area contributed by atoms with Crippen LogP contribution in [0.1, 0.15) is 18.1 Å². The van der Waals surface area contributed by atoms with Gasteiger partial charge in [0.25, 0.3) is 0 Å². The molecule has 0 radical (unpaired) electrons. The number of sulfone groups is 1. The molecule has 0 fully saturated rings. The van der Waals surface area contributed by atoms with Crippen molar-refractivity contribution in [2.45, 2.75) is 18.4 Å². The standard InChI is InChI=1S/C17H19N3O2S2/c1-13(15-8-10-16(11-9-15)24(2,21)22)19-20-17(23)18-12-14-6-4-3-5-7-14/h3-11H,12H2,1-2H3,(H2,18,20,23)/b19-13-. The monoisotopic (exact) mass is 361 g/mol. The van der Waals surface area contributed by atoms with Crippen molar-refractivity contribution in [1.82, 2.24) is 10.7 Å². The third kappa shape index (κ3) is 5.43. The average Bonchev–Trinajstić information content (AvgIpc) is 2.58. The zero-order valence-electron chi connectivity index (χ0n) is 13.5. The summed E-state index contributed by atoms with van der Waals surface area (Å²) in [7, 11) is -3.19. The van der Waals surface area contributed by atoms with Crippen molar-refractivity contribution >= 4 is 32.9 Å². The van der Waals surface area contributed by atoms with Gasteiger partial charge < -0.3 is 5.32 Å². The van der Waals surface area contributed by atoms with Crippen LogP contribution in [0.25, 0.3) is 0 Å². The molecule has 126 valence electrons. The predicted molar refractivity (Wildman–Crippen MR) is 101 cm³/mol. The number of benzene rings is 2. The van der Waals surface area contributed by atoms with Crippen LogP contribution < -0.4 is 10.7 Å². The Morgan fingerprint density at radius 1 is 1.08 bits per heavy atom. The van der Waals surface area contributed by atoms with Crippen LogP contribution >= 0.6 is 12.2 Å². The van der Waals surface area contributed by atoms with Crippen molar-refractivity contribution in [3.05, 3.63) is 65.7 Å². The summed E-state index contributed by atoms with van der Waals surface area (Å²) >= 11 is 5.18. The zero-order chi connectivity index (χ0) is 17.6. The van der Waals surface area contributed by atoms with Crippen molar-refractivity contribution in [2.24, 2.45) is 5.10 Å². The summed E-state index contributed by atoms with van der Waals surface area (Å²) in [6, 6.07) is 16.5. The molecule has 0 amide bonds. The van der Waals surface area contributed by atoms with Crippen molar-refractivity contribution in [2.75, 3.05) is 6.26 Å². The van der Waals surface area contributed by atoms with Gasteiger partial charge in [0.05, 0.1) is 10.6 Å². The van der Waals surface area contributed by atoms with Gasteiger partial charge in [0, 0.05) is 12.8 Å². The van der Waals surface area contributed by atoms with Crippen molar-refractivity contribution < 1.29 is 8.42 Å². The summed E-state index contributed by atoms with van der Waals surface area (Å²) in [5.41, 5.74) is 5.44. The highest BCUT2D eigenvalue weighted by Gasteiger charge is 2.07.